The van der Waals surface area contributed by atoms with Crippen molar-refractivity contribution in [3.63, 3.8) is 0 Å². The fraction of sp³-hybridized carbons (Fsp3) is 0.812. The summed E-state index contributed by atoms with van der Waals surface area (Å²) in [6, 6.07) is 0. The minimum Gasteiger partial charge on any atom is -0.414 e. The molecule has 0 fully saturated rings. The Hall–Kier alpha value is 0.417. The summed E-state index contributed by atoms with van der Waals surface area (Å²) in [5.74, 6) is -0.495. The van der Waals surface area contributed by atoms with Crippen LogP contribution < -0.4 is 0 Å². The van der Waals surface area contributed by atoms with Gasteiger partial charge in [0.05, 0.1) is 18.8 Å². The van der Waals surface area contributed by atoms with E-state index in [0.29, 0.717) is 6.61 Å². The van der Waals surface area contributed by atoms with Crippen molar-refractivity contribution >= 4 is 48.9 Å². The number of Topliss-reactive ketones (excluding diaryl/α,β-unsaturated/α-hetero) is 1. The van der Waals surface area contributed by atoms with Gasteiger partial charge in [-0.15, -0.1) is 0 Å². The molecule has 1 aliphatic heterocycles. The largest absolute Gasteiger partial charge is 0.414 e. The normalized spacial score (nSPS) is 26.4. The number of ketones is 1. The molecule has 0 aromatic carbocycles. The minimum absolute atomic E-state index is 0.0813. The Morgan fingerprint density at radius 2 is 1.78 bits per heavy atom. The summed E-state index contributed by atoms with van der Waals surface area (Å²) >= 11 is 16.9. The fourth-order valence-electron chi connectivity index (χ4n) is 2.01. The van der Waals surface area contributed by atoms with Gasteiger partial charge in [-0.25, -0.2) is 0 Å². The first-order valence-electron chi connectivity index (χ1n) is 7.82. The van der Waals surface area contributed by atoms with Gasteiger partial charge in [0.15, 0.2) is 14.1 Å². The highest BCUT2D eigenvalue weighted by Crippen LogP contribution is 2.37. The zero-order chi connectivity index (χ0) is 18.1. The second-order valence-corrected chi connectivity index (χ2v) is 14.7. The molecule has 0 aliphatic carbocycles. The average Bonchev–Trinajstić information content (AvgIpc) is 2.36. The third-order valence-electron chi connectivity index (χ3n) is 4.72. The molecule has 0 spiro atoms. The highest BCUT2D eigenvalue weighted by atomic mass is 35.6. The van der Waals surface area contributed by atoms with Gasteiger partial charge in [0.1, 0.15) is 0 Å². The van der Waals surface area contributed by atoms with Gasteiger partial charge in [0.25, 0.3) is 0 Å². The van der Waals surface area contributed by atoms with Crippen molar-refractivity contribution < 1.29 is 14.0 Å². The lowest BCUT2D eigenvalue weighted by Crippen LogP contribution is -2.44. The Morgan fingerprint density at radius 1 is 1.22 bits per heavy atom. The molecule has 0 aromatic rings. The molecule has 0 saturated carbocycles. The van der Waals surface area contributed by atoms with Crippen molar-refractivity contribution in [1.29, 1.82) is 0 Å². The molecule has 3 nitrogen and oxygen atoms in total. The van der Waals surface area contributed by atoms with Gasteiger partial charge >= 0.3 is 0 Å². The molecule has 7 heteroatoms. The van der Waals surface area contributed by atoms with Crippen LogP contribution >= 0.6 is 34.8 Å². The van der Waals surface area contributed by atoms with E-state index in [2.05, 4.69) is 33.9 Å². The summed E-state index contributed by atoms with van der Waals surface area (Å²) < 4.78 is 10.3. The topological polar surface area (TPSA) is 35.5 Å². The van der Waals surface area contributed by atoms with E-state index in [4.69, 9.17) is 44.0 Å². The van der Waals surface area contributed by atoms with Gasteiger partial charge in [-0.3, -0.25) is 4.79 Å². The minimum atomic E-state index is -1.87. The van der Waals surface area contributed by atoms with Crippen LogP contribution in [0.25, 0.3) is 0 Å². The molecule has 3 atom stereocenters. The van der Waals surface area contributed by atoms with Crippen molar-refractivity contribution in [3.8, 4) is 0 Å². The van der Waals surface area contributed by atoms with Crippen LogP contribution in [0.4, 0.5) is 0 Å². The van der Waals surface area contributed by atoms with Crippen molar-refractivity contribution in [2.24, 2.45) is 5.92 Å². The molecule has 0 saturated heterocycles. The van der Waals surface area contributed by atoms with E-state index >= 15 is 0 Å². The Balaban J connectivity index is 2.59. The first-order valence-corrected chi connectivity index (χ1v) is 11.9. The Bertz CT molecular complexity index is 452. The molecule has 23 heavy (non-hydrogen) atoms. The van der Waals surface area contributed by atoms with Crippen LogP contribution in [-0.2, 0) is 14.0 Å². The van der Waals surface area contributed by atoms with E-state index in [1.54, 1.807) is 0 Å². The number of hydrogen-bond acceptors (Lipinski definition) is 3. The third-order valence-corrected chi connectivity index (χ3v) is 9.85. The van der Waals surface area contributed by atoms with Gasteiger partial charge < -0.3 is 9.16 Å². The SMILES string of the molecule is C[C@H]1O[C@H](CO[Si](C)(C)C(C)(C)C)C=C[C@H]1CC(=O)C(Cl)(Cl)Cl. The molecule has 0 amide bonds. The second kappa shape index (κ2) is 7.75. The van der Waals surface area contributed by atoms with Gasteiger partial charge in [0, 0.05) is 12.3 Å². The Morgan fingerprint density at radius 3 is 2.22 bits per heavy atom. The van der Waals surface area contributed by atoms with E-state index in [9.17, 15) is 4.79 Å². The predicted octanol–water partition coefficient (Wildman–Crippen LogP) is 5.30. The smallest absolute Gasteiger partial charge is 0.248 e. The standard InChI is InChI=1S/C16H27Cl3O3Si/c1-11-12(9-14(20)16(17,18)19)7-8-13(22-11)10-21-23(5,6)15(2,3)4/h7-8,11-13H,9-10H2,1-6H3/t11-,12+,13+/m1/s1. The van der Waals surface area contributed by atoms with Crippen molar-refractivity contribution in [2.45, 2.75) is 68.2 Å². The van der Waals surface area contributed by atoms with E-state index in [1.165, 1.54) is 0 Å². The highest BCUT2D eigenvalue weighted by Gasteiger charge is 2.38. The third kappa shape index (κ3) is 6.33. The number of halogens is 3. The highest BCUT2D eigenvalue weighted by molar-refractivity contribution is 6.76. The van der Waals surface area contributed by atoms with Gasteiger partial charge in [-0.2, -0.15) is 0 Å². The number of ether oxygens (including phenoxy) is 1. The molecule has 1 aliphatic rings. The Labute approximate surface area is 155 Å². The molecule has 1 rings (SSSR count). The second-order valence-electron chi connectivity index (χ2n) is 7.62. The number of hydrogen-bond donors (Lipinski definition) is 0. The van der Waals surface area contributed by atoms with E-state index < -0.39 is 17.9 Å². The van der Waals surface area contributed by atoms with Crippen LogP contribution in [0.5, 0.6) is 0 Å². The number of alkyl halides is 3. The van der Waals surface area contributed by atoms with Crippen LogP contribution in [0.15, 0.2) is 12.2 Å². The number of carbonyl (C=O) groups excluding carboxylic acids is 1. The van der Waals surface area contributed by atoms with Gasteiger partial charge in [0.2, 0.25) is 3.79 Å². The summed E-state index contributed by atoms with van der Waals surface area (Å²) in [5.41, 5.74) is 0. The molecule has 0 N–H and O–H groups in total. The van der Waals surface area contributed by atoms with Crippen LogP contribution in [0.3, 0.4) is 0 Å². The van der Waals surface area contributed by atoms with E-state index in [0.717, 1.165) is 0 Å². The van der Waals surface area contributed by atoms with Crippen molar-refractivity contribution in [3.05, 3.63) is 12.2 Å². The summed E-state index contributed by atoms with van der Waals surface area (Å²) in [5, 5.41) is 0.163. The van der Waals surface area contributed by atoms with Crippen LogP contribution in [0, 0.1) is 5.92 Å². The average molecular weight is 402 g/mol. The van der Waals surface area contributed by atoms with Gasteiger partial charge in [-0.1, -0.05) is 67.7 Å². The summed E-state index contributed by atoms with van der Waals surface area (Å²) in [7, 11) is -1.80. The van der Waals surface area contributed by atoms with Crippen LogP contribution in [0.2, 0.25) is 18.1 Å². The zero-order valence-corrected chi connectivity index (χ0v) is 17.9. The summed E-state index contributed by atoms with van der Waals surface area (Å²) in [6.45, 7) is 13.5. The predicted molar refractivity (Wildman–Crippen MR) is 100 cm³/mol. The lowest BCUT2D eigenvalue weighted by Gasteiger charge is -2.38. The lowest BCUT2D eigenvalue weighted by molar-refractivity contribution is -0.120. The summed E-state index contributed by atoms with van der Waals surface area (Å²) in [4.78, 5) is 11.8. The molecule has 0 aromatic heterocycles. The molecule has 0 unspecified atom stereocenters. The molecule has 0 radical (unpaired) electrons. The van der Waals surface area contributed by atoms with E-state index in [1.807, 2.05) is 19.1 Å². The maximum Gasteiger partial charge on any atom is 0.248 e. The van der Waals surface area contributed by atoms with Crippen molar-refractivity contribution in [2.75, 3.05) is 6.61 Å². The van der Waals surface area contributed by atoms with E-state index in [-0.39, 0.29) is 29.6 Å². The molecular formula is C16H27Cl3O3Si. The quantitative estimate of drug-likeness (QED) is 0.356. The maximum atomic E-state index is 11.8. The van der Waals surface area contributed by atoms with Gasteiger partial charge in [-0.05, 0) is 25.1 Å². The van der Waals surface area contributed by atoms with Crippen LogP contribution in [-0.4, -0.2) is 36.7 Å². The van der Waals surface area contributed by atoms with Crippen molar-refractivity contribution in [1.82, 2.24) is 0 Å². The summed E-state index contributed by atoms with van der Waals surface area (Å²) in [6.07, 6.45) is 3.86. The lowest BCUT2D eigenvalue weighted by atomic mass is 9.94. The molecular weight excluding hydrogens is 375 g/mol. The fourth-order valence-corrected chi connectivity index (χ4v) is 3.26. The molecule has 0 bridgehead atoms. The number of carbonyl (C=O) groups is 1. The molecule has 134 valence electrons. The van der Waals surface area contributed by atoms with Crippen LogP contribution in [0.1, 0.15) is 34.1 Å². The Kier molecular flexibility index (Phi) is 7.23. The number of rotatable bonds is 5. The monoisotopic (exact) mass is 400 g/mol. The first-order chi connectivity index (χ1) is 10.2. The first kappa shape index (κ1) is 21.5. The maximum absolute atomic E-state index is 11.8. The zero-order valence-electron chi connectivity index (χ0n) is 14.7. The molecule has 1 heterocycles.